The predicted molar refractivity (Wildman–Crippen MR) is 40.3 cm³/mol. The van der Waals surface area contributed by atoms with Crippen LogP contribution < -0.4 is 18.9 Å². The molecule has 0 saturated carbocycles. The minimum atomic E-state index is 0. The van der Waals surface area contributed by atoms with E-state index >= 15 is 0 Å². The van der Waals surface area contributed by atoms with Crippen LogP contribution in [0, 0.1) is 6.92 Å². The Balaban J connectivity index is 0.000000810. The third-order valence-corrected chi connectivity index (χ3v) is 1.92. The molecule has 0 radical (unpaired) electrons. The van der Waals surface area contributed by atoms with Crippen LogP contribution in [0.15, 0.2) is 0 Å². The Morgan fingerprint density at radius 1 is 1.10 bits per heavy atom. The first-order chi connectivity index (χ1) is 4.43. The number of hydrogen-bond donors (Lipinski definition) is 0. The van der Waals surface area contributed by atoms with Gasteiger partial charge in [-0.2, -0.15) is 6.42 Å². The van der Waals surface area contributed by atoms with Crippen molar-refractivity contribution in [3.63, 3.8) is 0 Å². The maximum absolute atomic E-state index is 3.84. The van der Waals surface area contributed by atoms with E-state index < -0.39 is 0 Å². The zero-order valence-electron chi connectivity index (χ0n) is 7.10. The maximum Gasteiger partial charge on any atom is 1.00 e. The molecule has 1 aliphatic heterocycles. The van der Waals surface area contributed by atoms with E-state index in [1.807, 2.05) is 0 Å². The van der Waals surface area contributed by atoms with Gasteiger partial charge in [0.1, 0.15) is 0 Å². The molecule has 2 heteroatoms. The molecule has 0 bridgehead atoms. The van der Waals surface area contributed by atoms with Crippen LogP contribution in [0.25, 0.3) is 0 Å². The van der Waals surface area contributed by atoms with Gasteiger partial charge in [-0.25, -0.2) is 0 Å². The Morgan fingerprint density at radius 3 is 2.20 bits per heavy atom. The van der Waals surface area contributed by atoms with Crippen molar-refractivity contribution in [1.82, 2.24) is 4.90 Å². The second kappa shape index (κ2) is 6.28. The summed E-state index contributed by atoms with van der Waals surface area (Å²) < 4.78 is 0. The zero-order valence-corrected chi connectivity index (χ0v) is 7.10. The van der Waals surface area contributed by atoms with Crippen molar-refractivity contribution in [1.29, 1.82) is 0 Å². The minimum absolute atomic E-state index is 0. The van der Waals surface area contributed by atoms with Crippen molar-refractivity contribution in [2.45, 2.75) is 25.7 Å². The summed E-state index contributed by atoms with van der Waals surface area (Å²) in [4.78, 5) is 2.51. The second-order valence-corrected chi connectivity index (χ2v) is 2.76. The molecule has 0 N–H and O–H groups in total. The van der Waals surface area contributed by atoms with Crippen molar-refractivity contribution in [2.24, 2.45) is 0 Å². The topological polar surface area (TPSA) is 3.24 Å². The molecule has 0 atom stereocenters. The Labute approximate surface area is 76.3 Å². The molecule has 0 aliphatic carbocycles. The van der Waals surface area contributed by atoms with Crippen LogP contribution in [0.2, 0.25) is 0 Å². The van der Waals surface area contributed by atoms with Crippen LogP contribution in [0.4, 0.5) is 0 Å². The summed E-state index contributed by atoms with van der Waals surface area (Å²) in [6, 6.07) is 0. The summed E-state index contributed by atoms with van der Waals surface area (Å²) in [6.45, 7) is 7.68. The van der Waals surface area contributed by atoms with Gasteiger partial charge < -0.3 is 11.8 Å². The van der Waals surface area contributed by atoms with Crippen LogP contribution in [-0.4, -0.2) is 24.5 Å². The van der Waals surface area contributed by atoms with E-state index in [4.69, 9.17) is 0 Å². The molecule has 0 spiro atoms. The molecule has 0 aromatic heterocycles. The average molecular weight is 133 g/mol. The van der Waals surface area contributed by atoms with Gasteiger partial charge in [-0.15, -0.1) is 0 Å². The van der Waals surface area contributed by atoms with Crippen LogP contribution >= 0.6 is 0 Å². The van der Waals surface area contributed by atoms with Gasteiger partial charge in [-0.05, 0) is 32.5 Å². The minimum Gasteiger partial charge on any atom is -0.342 e. The quantitative estimate of drug-likeness (QED) is 0.334. The van der Waals surface area contributed by atoms with Crippen molar-refractivity contribution in [2.75, 3.05) is 19.6 Å². The van der Waals surface area contributed by atoms with Crippen LogP contribution in [0.1, 0.15) is 25.7 Å². The van der Waals surface area contributed by atoms with Gasteiger partial charge in [-0.1, -0.05) is 6.42 Å². The van der Waals surface area contributed by atoms with E-state index in [1.165, 1.54) is 38.9 Å². The van der Waals surface area contributed by atoms with Gasteiger partial charge in [0.15, 0.2) is 0 Å². The molecular formula is C8H16LiN. The molecule has 0 unspecified atom stereocenters. The maximum atomic E-state index is 3.84. The first-order valence-electron chi connectivity index (χ1n) is 3.95. The molecule has 1 rings (SSSR count). The number of nitrogens with zero attached hydrogens (tertiary/aromatic N) is 1. The standard InChI is InChI=1S/C8H16N.Li/c1-2-6-9-7-4-3-5-8-9;/h1-8H2;/q-1;+1. The molecule has 0 aromatic carbocycles. The number of hydrogen-bond acceptors (Lipinski definition) is 1. The van der Waals surface area contributed by atoms with Gasteiger partial charge >= 0.3 is 18.9 Å². The predicted octanol–water partition coefficient (Wildman–Crippen LogP) is -1.30. The summed E-state index contributed by atoms with van der Waals surface area (Å²) in [5.74, 6) is 0. The smallest absolute Gasteiger partial charge is 0.342 e. The molecule has 54 valence electrons. The number of piperidine rings is 1. The van der Waals surface area contributed by atoms with E-state index in [2.05, 4.69) is 11.8 Å². The van der Waals surface area contributed by atoms with E-state index in [0.717, 1.165) is 6.42 Å². The van der Waals surface area contributed by atoms with Gasteiger partial charge in [0.2, 0.25) is 0 Å². The molecule has 0 amide bonds. The average Bonchev–Trinajstić information content (AvgIpc) is 1.91. The van der Waals surface area contributed by atoms with Crippen LogP contribution in [0.5, 0.6) is 0 Å². The fourth-order valence-electron chi connectivity index (χ4n) is 1.41. The largest absolute Gasteiger partial charge is 1.00 e. The molecule has 1 heterocycles. The fourth-order valence-corrected chi connectivity index (χ4v) is 1.41. The molecule has 1 saturated heterocycles. The van der Waals surface area contributed by atoms with E-state index in [9.17, 15) is 0 Å². The first kappa shape index (κ1) is 10.6. The third kappa shape index (κ3) is 3.66. The van der Waals surface area contributed by atoms with Crippen molar-refractivity contribution < 1.29 is 18.9 Å². The zero-order chi connectivity index (χ0) is 6.53. The SMILES string of the molecule is [CH2-]CCN1CCCCC1.[Li+]. The molecule has 1 fully saturated rings. The molecule has 0 aromatic rings. The van der Waals surface area contributed by atoms with Crippen LogP contribution in [-0.2, 0) is 0 Å². The van der Waals surface area contributed by atoms with Gasteiger partial charge in [0.25, 0.3) is 0 Å². The summed E-state index contributed by atoms with van der Waals surface area (Å²) in [5, 5.41) is 0. The summed E-state index contributed by atoms with van der Waals surface area (Å²) >= 11 is 0. The van der Waals surface area contributed by atoms with Crippen molar-refractivity contribution in [3.05, 3.63) is 6.92 Å². The molecule has 1 nitrogen and oxygen atoms in total. The number of likely N-dealkylation sites (tertiary alicyclic amines) is 1. The molecular weight excluding hydrogens is 117 g/mol. The Kier molecular flexibility index (Phi) is 6.63. The Hall–Kier alpha value is 0.557. The summed E-state index contributed by atoms with van der Waals surface area (Å²) in [7, 11) is 0. The second-order valence-electron chi connectivity index (χ2n) is 2.76. The van der Waals surface area contributed by atoms with E-state index in [0.29, 0.717) is 0 Å². The Bertz CT molecular complexity index is 66.9. The van der Waals surface area contributed by atoms with Gasteiger partial charge in [0.05, 0.1) is 0 Å². The third-order valence-electron chi connectivity index (χ3n) is 1.92. The Morgan fingerprint density at radius 2 is 1.70 bits per heavy atom. The first-order valence-corrected chi connectivity index (χ1v) is 3.95. The van der Waals surface area contributed by atoms with E-state index in [1.54, 1.807) is 0 Å². The van der Waals surface area contributed by atoms with Crippen LogP contribution in [0.3, 0.4) is 0 Å². The van der Waals surface area contributed by atoms with Crippen molar-refractivity contribution in [3.8, 4) is 0 Å². The normalized spacial score (nSPS) is 20.1. The van der Waals surface area contributed by atoms with Crippen molar-refractivity contribution >= 4 is 0 Å². The van der Waals surface area contributed by atoms with E-state index in [-0.39, 0.29) is 18.9 Å². The monoisotopic (exact) mass is 133 g/mol. The number of rotatable bonds is 2. The summed E-state index contributed by atoms with van der Waals surface area (Å²) in [6.07, 6.45) is 5.31. The molecule has 1 aliphatic rings. The van der Waals surface area contributed by atoms with Gasteiger partial charge in [-0.3, -0.25) is 0 Å². The fraction of sp³-hybridized carbons (Fsp3) is 0.875. The summed E-state index contributed by atoms with van der Waals surface area (Å²) in [5.41, 5.74) is 0. The molecule has 10 heavy (non-hydrogen) atoms. The van der Waals surface area contributed by atoms with Gasteiger partial charge in [0, 0.05) is 0 Å².